The summed E-state index contributed by atoms with van der Waals surface area (Å²) in [7, 11) is 1.41. The van der Waals surface area contributed by atoms with Crippen LogP contribution in [-0.4, -0.2) is 7.11 Å². The standard InChI is InChI=1S/C7H9FN2O/c1-11-6-3-4(8)2-5(9)7(6)10/h2-3H,9-10H2,1H3. The number of ether oxygens (including phenoxy) is 1. The lowest BCUT2D eigenvalue weighted by Gasteiger charge is -2.06. The lowest BCUT2D eigenvalue weighted by Crippen LogP contribution is -1.98. The van der Waals surface area contributed by atoms with E-state index in [9.17, 15) is 4.39 Å². The first-order chi connectivity index (χ1) is 5.15. The minimum absolute atomic E-state index is 0.196. The number of rotatable bonds is 1. The van der Waals surface area contributed by atoms with Crippen molar-refractivity contribution in [3.8, 4) is 5.75 Å². The van der Waals surface area contributed by atoms with Crippen LogP contribution in [-0.2, 0) is 0 Å². The third-order valence-electron chi connectivity index (χ3n) is 1.36. The van der Waals surface area contributed by atoms with Gasteiger partial charge in [0.15, 0.2) is 0 Å². The minimum Gasteiger partial charge on any atom is -0.494 e. The molecule has 0 aliphatic heterocycles. The summed E-state index contributed by atoms with van der Waals surface area (Å²) in [6.07, 6.45) is 0. The van der Waals surface area contributed by atoms with E-state index in [1.54, 1.807) is 0 Å². The van der Waals surface area contributed by atoms with Crippen LogP contribution in [0, 0.1) is 5.82 Å². The molecule has 0 unspecified atom stereocenters. The summed E-state index contributed by atoms with van der Waals surface area (Å²) in [5, 5.41) is 0. The number of hydrogen-bond acceptors (Lipinski definition) is 3. The van der Waals surface area contributed by atoms with Crippen molar-refractivity contribution in [3.05, 3.63) is 17.9 Å². The molecule has 0 fully saturated rings. The maximum absolute atomic E-state index is 12.6. The topological polar surface area (TPSA) is 61.3 Å². The highest BCUT2D eigenvalue weighted by atomic mass is 19.1. The zero-order valence-electron chi connectivity index (χ0n) is 6.10. The zero-order valence-corrected chi connectivity index (χ0v) is 6.10. The molecule has 4 heteroatoms. The molecule has 4 N–H and O–H groups in total. The predicted molar refractivity (Wildman–Crippen MR) is 41.8 cm³/mol. The highest BCUT2D eigenvalue weighted by Gasteiger charge is 2.04. The van der Waals surface area contributed by atoms with Gasteiger partial charge >= 0.3 is 0 Å². The number of halogens is 1. The number of benzene rings is 1. The van der Waals surface area contributed by atoms with Gasteiger partial charge in [0.2, 0.25) is 0 Å². The third kappa shape index (κ3) is 1.34. The fourth-order valence-electron chi connectivity index (χ4n) is 0.782. The maximum atomic E-state index is 12.6. The molecule has 0 spiro atoms. The molecule has 1 aromatic rings. The van der Waals surface area contributed by atoms with Crippen molar-refractivity contribution in [1.82, 2.24) is 0 Å². The Morgan fingerprint density at radius 3 is 2.55 bits per heavy atom. The molecule has 0 amide bonds. The van der Waals surface area contributed by atoms with Crippen LogP contribution in [0.3, 0.4) is 0 Å². The Balaban J connectivity index is 3.24. The van der Waals surface area contributed by atoms with Crippen molar-refractivity contribution >= 4 is 11.4 Å². The molecule has 3 nitrogen and oxygen atoms in total. The first-order valence-electron chi connectivity index (χ1n) is 3.03. The summed E-state index contributed by atoms with van der Waals surface area (Å²) in [5.74, 6) is -0.184. The molecule has 1 rings (SSSR count). The Labute approximate surface area is 63.8 Å². The quantitative estimate of drug-likeness (QED) is 0.596. The minimum atomic E-state index is -0.450. The van der Waals surface area contributed by atoms with E-state index in [1.165, 1.54) is 13.2 Å². The van der Waals surface area contributed by atoms with E-state index in [0.29, 0.717) is 0 Å². The van der Waals surface area contributed by atoms with Gasteiger partial charge in [0, 0.05) is 6.07 Å². The third-order valence-corrected chi connectivity index (χ3v) is 1.36. The molecule has 11 heavy (non-hydrogen) atoms. The lowest BCUT2D eigenvalue weighted by molar-refractivity contribution is 0.414. The summed E-state index contributed by atoms with van der Waals surface area (Å²) in [6, 6.07) is 2.34. The first kappa shape index (κ1) is 7.65. The Bertz CT molecular complexity index is 275. The molecule has 0 radical (unpaired) electrons. The van der Waals surface area contributed by atoms with Crippen molar-refractivity contribution in [2.24, 2.45) is 0 Å². The average Bonchev–Trinajstić information content (AvgIpc) is 1.96. The van der Waals surface area contributed by atoms with Crippen LogP contribution in [0.15, 0.2) is 12.1 Å². The Morgan fingerprint density at radius 1 is 1.36 bits per heavy atom. The molecule has 0 aromatic heterocycles. The van der Waals surface area contributed by atoms with E-state index in [0.717, 1.165) is 6.07 Å². The van der Waals surface area contributed by atoms with E-state index in [4.69, 9.17) is 16.2 Å². The fraction of sp³-hybridized carbons (Fsp3) is 0.143. The maximum Gasteiger partial charge on any atom is 0.146 e. The fourth-order valence-corrected chi connectivity index (χ4v) is 0.782. The monoisotopic (exact) mass is 156 g/mol. The van der Waals surface area contributed by atoms with E-state index in [2.05, 4.69) is 0 Å². The summed E-state index contributed by atoms with van der Waals surface area (Å²) in [4.78, 5) is 0. The highest BCUT2D eigenvalue weighted by molar-refractivity contribution is 5.70. The Hall–Kier alpha value is -1.45. The van der Waals surface area contributed by atoms with Crippen LogP contribution in [0.5, 0.6) is 5.75 Å². The highest BCUT2D eigenvalue weighted by Crippen LogP contribution is 2.27. The number of nitrogen functional groups attached to an aromatic ring is 2. The molecule has 0 saturated carbocycles. The Kier molecular flexibility index (Phi) is 1.85. The van der Waals surface area contributed by atoms with Gasteiger partial charge in [-0.3, -0.25) is 0 Å². The Morgan fingerprint density at radius 2 is 2.00 bits per heavy atom. The predicted octanol–water partition coefficient (Wildman–Crippen LogP) is 0.999. The van der Waals surface area contributed by atoms with Gasteiger partial charge in [-0.25, -0.2) is 4.39 Å². The number of hydrogen-bond donors (Lipinski definition) is 2. The summed E-state index contributed by atoms with van der Waals surface area (Å²) < 4.78 is 17.3. The van der Waals surface area contributed by atoms with Gasteiger partial charge in [0.25, 0.3) is 0 Å². The second-order valence-corrected chi connectivity index (χ2v) is 2.11. The normalized spacial score (nSPS) is 9.64. The van der Waals surface area contributed by atoms with E-state index in [1.807, 2.05) is 0 Å². The molecule has 60 valence electrons. The van der Waals surface area contributed by atoms with Gasteiger partial charge in [-0.15, -0.1) is 0 Å². The smallest absolute Gasteiger partial charge is 0.146 e. The van der Waals surface area contributed by atoms with Crippen LogP contribution in [0.2, 0.25) is 0 Å². The average molecular weight is 156 g/mol. The van der Waals surface area contributed by atoms with E-state index in [-0.39, 0.29) is 17.1 Å². The van der Waals surface area contributed by atoms with Crippen molar-refractivity contribution in [1.29, 1.82) is 0 Å². The summed E-state index contributed by atoms with van der Waals surface area (Å²) in [6.45, 7) is 0. The summed E-state index contributed by atoms with van der Waals surface area (Å²) in [5.41, 5.74) is 11.3. The van der Waals surface area contributed by atoms with Gasteiger partial charge in [0.1, 0.15) is 11.6 Å². The van der Waals surface area contributed by atoms with Gasteiger partial charge in [-0.2, -0.15) is 0 Å². The molecule has 0 saturated heterocycles. The van der Waals surface area contributed by atoms with Crippen LogP contribution in [0.1, 0.15) is 0 Å². The lowest BCUT2D eigenvalue weighted by atomic mass is 10.2. The molecule has 1 aromatic carbocycles. The molecular weight excluding hydrogens is 147 g/mol. The number of methoxy groups -OCH3 is 1. The van der Waals surface area contributed by atoms with Crippen molar-refractivity contribution < 1.29 is 9.13 Å². The van der Waals surface area contributed by atoms with Crippen LogP contribution in [0.25, 0.3) is 0 Å². The van der Waals surface area contributed by atoms with Crippen molar-refractivity contribution in [3.63, 3.8) is 0 Å². The largest absolute Gasteiger partial charge is 0.494 e. The van der Waals surface area contributed by atoms with Gasteiger partial charge in [-0.05, 0) is 6.07 Å². The molecule has 0 aliphatic carbocycles. The molecular formula is C7H9FN2O. The SMILES string of the molecule is COc1cc(F)cc(N)c1N. The van der Waals surface area contributed by atoms with Gasteiger partial charge in [-0.1, -0.05) is 0 Å². The van der Waals surface area contributed by atoms with Crippen LogP contribution >= 0.6 is 0 Å². The molecule has 0 heterocycles. The van der Waals surface area contributed by atoms with Gasteiger partial charge < -0.3 is 16.2 Å². The van der Waals surface area contributed by atoms with E-state index >= 15 is 0 Å². The van der Waals surface area contributed by atoms with Crippen LogP contribution in [0.4, 0.5) is 15.8 Å². The zero-order chi connectivity index (χ0) is 8.43. The van der Waals surface area contributed by atoms with Crippen LogP contribution < -0.4 is 16.2 Å². The van der Waals surface area contributed by atoms with Crippen molar-refractivity contribution in [2.45, 2.75) is 0 Å². The first-order valence-corrected chi connectivity index (χ1v) is 3.03. The second kappa shape index (κ2) is 2.65. The molecule has 0 atom stereocenters. The van der Waals surface area contributed by atoms with Crippen molar-refractivity contribution in [2.75, 3.05) is 18.6 Å². The summed E-state index contributed by atoms with van der Waals surface area (Å²) >= 11 is 0. The van der Waals surface area contributed by atoms with E-state index < -0.39 is 5.82 Å². The molecule has 0 bridgehead atoms. The second-order valence-electron chi connectivity index (χ2n) is 2.11. The van der Waals surface area contributed by atoms with Gasteiger partial charge in [0.05, 0.1) is 18.5 Å². The number of nitrogens with two attached hydrogens (primary N) is 2. The molecule has 0 aliphatic rings. The number of anilines is 2.